The molecule has 19 nitrogen and oxygen atoms in total. The summed E-state index contributed by atoms with van der Waals surface area (Å²) in [4.78, 5) is 17.1. The third-order valence-electron chi connectivity index (χ3n) is 10.1. The molecule has 19 heteroatoms. The van der Waals surface area contributed by atoms with Crippen molar-refractivity contribution in [3.05, 3.63) is 0 Å². The summed E-state index contributed by atoms with van der Waals surface area (Å²) in [5.74, 6) is -0.678. The number of amides is 1. The molecule has 2 saturated heterocycles. The summed E-state index contributed by atoms with van der Waals surface area (Å²) < 4.78 is 24.3. The van der Waals surface area contributed by atoms with Gasteiger partial charge in [0.2, 0.25) is 0 Å². The molecule has 0 spiro atoms. The van der Waals surface area contributed by atoms with Crippen molar-refractivity contribution in [2.24, 2.45) is 45.3 Å². The van der Waals surface area contributed by atoms with E-state index in [9.17, 15) is 30.3 Å². The molecule has 2 heterocycles. The third kappa shape index (κ3) is 7.99. The van der Waals surface area contributed by atoms with Gasteiger partial charge in [0.1, 0.15) is 36.6 Å². The van der Waals surface area contributed by atoms with Gasteiger partial charge in [-0.05, 0) is 44.6 Å². The number of nitrogens with zero attached hydrogens (tertiary/aromatic N) is 1. The van der Waals surface area contributed by atoms with Crippen LogP contribution in [0.1, 0.15) is 38.5 Å². The summed E-state index contributed by atoms with van der Waals surface area (Å²) in [6.45, 7) is 0.349. The first kappa shape index (κ1) is 36.5. The van der Waals surface area contributed by atoms with E-state index >= 15 is 0 Å². The Kier molecular flexibility index (Phi) is 11.6. The lowest BCUT2D eigenvalue weighted by atomic mass is 9.80. The van der Waals surface area contributed by atoms with Crippen molar-refractivity contribution in [1.29, 1.82) is 0 Å². The Balaban J connectivity index is 1.34. The zero-order chi connectivity index (χ0) is 34.2. The van der Waals surface area contributed by atoms with Crippen LogP contribution in [0.25, 0.3) is 0 Å². The standard InChI is InChI=1S/C28H53N9O10/c29-7-12-1-2-14(35-8-10-3-11(30)4-10)24(44-12)46-22-13(31)5-15(36-26(42)28(43)6-17(28)37-27(33)34)23(21(22)41)47-25-20(40)18(32)19(39)16(9-38)45-25/h10-25,35,38-41,43H,1-9,29-32H2,(H,36,42)(H4,33,34,37)/t10?,11?,12-,13-,14+,15+,16+,17?,18-,19+,20+,21-,22?,23-,24+,25+,28?/m0/s1. The fourth-order valence-corrected chi connectivity index (χ4v) is 7.01. The van der Waals surface area contributed by atoms with Gasteiger partial charge in [-0.2, -0.15) is 0 Å². The van der Waals surface area contributed by atoms with E-state index in [1.807, 2.05) is 0 Å². The third-order valence-corrected chi connectivity index (χ3v) is 10.1. The number of guanidine groups is 1. The number of rotatable bonds is 12. The molecule has 5 aliphatic rings. The summed E-state index contributed by atoms with van der Waals surface area (Å²) in [7, 11) is 0. The smallest absolute Gasteiger partial charge is 0.254 e. The van der Waals surface area contributed by atoms with E-state index in [0.29, 0.717) is 25.3 Å². The number of carbonyl (C=O) groups is 1. The molecule has 0 radical (unpaired) electrons. The predicted molar refractivity (Wildman–Crippen MR) is 165 cm³/mol. The van der Waals surface area contributed by atoms with Crippen LogP contribution in [0.2, 0.25) is 0 Å². The maximum Gasteiger partial charge on any atom is 0.254 e. The van der Waals surface area contributed by atoms with Crippen LogP contribution in [0.3, 0.4) is 0 Å². The zero-order valence-corrected chi connectivity index (χ0v) is 26.3. The molecule has 19 N–H and O–H groups in total. The Labute approximate surface area is 272 Å². The first-order valence-electron chi connectivity index (χ1n) is 16.3. The van der Waals surface area contributed by atoms with Crippen LogP contribution in [0.15, 0.2) is 4.99 Å². The average molecular weight is 676 g/mol. The molecule has 3 unspecified atom stereocenters. The van der Waals surface area contributed by atoms with E-state index in [1.54, 1.807) is 0 Å². The van der Waals surface area contributed by atoms with Crippen molar-refractivity contribution < 1.29 is 49.3 Å². The predicted octanol–water partition coefficient (Wildman–Crippen LogP) is -6.96. The minimum absolute atomic E-state index is 0.00675. The largest absolute Gasteiger partial charge is 0.394 e. The van der Waals surface area contributed by atoms with Crippen molar-refractivity contribution in [3.63, 3.8) is 0 Å². The van der Waals surface area contributed by atoms with Gasteiger partial charge < -0.3 is 89.5 Å². The number of hydrogen-bond acceptors (Lipinski definition) is 16. The van der Waals surface area contributed by atoms with Crippen LogP contribution in [0.4, 0.5) is 0 Å². The minimum Gasteiger partial charge on any atom is -0.394 e. The molecule has 5 rings (SSSR count). The first-order chi connectivity index (χ1) is 22.2. The number of nitrogens with one attached hydrogen (secondary N) is 2. The fraction of sp³-hybridized carbons (Fsp3) is 0.929. The van der Waals surface area contributed by atoms with Crippen molar-refractivity contribution >= 4 is 11.9 Å². The maximum absolute atomic E-state index is 13.2. The van der Waals surface area contributed by atoms with Crippen LogP contribution < -0.4 is 45.0 Å². The van der Waals surface area contributed by atoms with E-state index in [1.165, 1.54) is 0 Å². The summed E-state index contributed by atoms with van der Waals surface area (Å²) in [6.07, 6.45) is -7.60. The molecule has 0 aromatic rings. The summed E-state index contributed by atoms with van der Waals surface area (Å²) in [5, 5.41) is 59.7. The van der Waals surface area contributed by atoms with Gasteiger partial charge in [-0.25, -0.2) is 4.99 Å². The number of ether oxygens (including phenoxy) is 4. The molecule has 0 bridgehead atoms. The fourth-order valence-electron chi connectivity index (χ4n) is 7.01. The van der Waals surface area contributed by atoms with E-state index in [-0.39, 0.29) is 43.5 Å². The molecule has 5 fully saturated rings. The lowest BCUT2D eigenvalue weighted by Crippen LogP contribution is -2.69. The van der Waals surface area contributed by atoms with Crippen molar-refractivity contribution in [2.45, 2.75) is 136 Å². The topological polar surface area (TPSA) is 348 Å². The van der Waals surface area contributed by atoms with Crippen LogP contribution in [0, 0.1) is 5.92 Å². The molecule has 1 amide bonds. The number of aliphatic imine (C=N–C) groups is 1. The highest BCUT2D eigenvalue weighted by Gasteiger charge is 2.61. The number of nitrogens with two attached hydrogens (primary N) is 6. The Morgan fingerprint density at radius 3 is 2.28 bits per heavy atom. The van der Waals surface area contributed by atoms with Gasteiger partial charge in [-0.1, -0.05) is 0 Å². The van der Waals surface area contributed by atoms with E-state index in [4.69, 9.17) is 53.3 Å². The van der Waals surface area contributed by atoms with Crippen molar-refractivity contribution in [1.82, 2.24) is 10.6 Å². The molecule has 0 aromatic carbocycles. The number of carbonyl (C=O) groups excluding carboxylic acids is 1. The lowest BCUT2D eigenvalue weighted by molar-refractivity contribution is -0.314. The van der Waals surface area contributed by atoms with Crippen molar-refractivity contribution in [2.75, 3.05) is 19.7 Å². The normalized spacial score (nSPS) is 48.3. The summed E-state index contributed by atoms with van der Waals surface area (Å²) >= 11 is 0. The Morgan fingerprint density at radius 1 is 0.936 bits per heavy atom. The van der Waals surface area contributed by atoms with Gasteiger partial charge in [0, 0.05) is 25.0 Å². The monoisotopic (exact) mass is 675 g/mol. The average Bonchev–Trinajstić information content (AvgIpc) is 3.67. The molecular weight excluding hydrogens is 622 g/mol. The van der Waals surface area contributed by atoms with Crippen LogP contribution in [-0.4, -0.2) is 154 Å². The Bertz CT molecular complexity index is 1100. The molecule has 270 valence electrons. The second kappa shape index (κ2) is 15.0. The Morgan fingerprint density at radius 2 is 1.64 bits per heavy atom. The molecule has 47 heavy (non-hydrogen) atoms. The number of hydrogen-bond donors (Lipinski definition) is 13. The second-order valence-corrected chi connectivity index (χ2v) is 13.7. The van der Waals surface area contributed by atoms with Gasteiger partial charge in [-0.15, -0.1) is 0 Å². The van der Waals surface area contributed by atoms with Crippen LogP contribution in [-0.2, 0) is 23.7 Å². The quantitative estimate of drug-likeness (QED) is 0.0675. The molecular formula is C28H53N9O10. The van der Waals surface area contributed by atoms with E-state index in [0.717, 1.165) is 12.8 Å². The zero-order valence-electron chi connectivity index (χ0n) is 26.3. The summed E-state index contributed by atoms with van der Waals surface area (Å²) in [6, 6.07) is -4.07. The minimum atomic E-state index is -1.90. The van der Waals surface area contributed by atoms with Crippen LogP contribution in [0.5, 0.6) is 0 Å². The SMILES string of the molecule is NC[C@@H]1CC[C@@H](NCC2CC(N)C2)[C@@H](OC2[C@@H](N)C[C@@H](NC(=O)C3(O)CC3N=C(N)N)[C@H](O[C@H]3O[C@H](CO)[C@@H](O)[C@H](N)[C@H]3O)[C@H]2O)O1. The summed E-state index contributed by atoms with van der Waals surface area (Å²) in [5.41, 5.74) is 33.4. The number of aliphatic hydroxyl groups is 5. The van der Waals surface area contributed by atoms with E-state index < -0.39 is 91.5 Å². The maximum atomic E-state index is 13.2. The second-order valence-electron chi connectivity index (χ2n) is 13.7. The van der Waals surface area contributed by atoms with Gasteiger partial charge in [0.15, 0.2) is 24.1 Å². The van der Waals surface area contributed by atoms with Crippen molar-refractivity contribution in [3.8, 4) is 0 Å². The highest BCUT2D eigenvalue weighted by atomic mass is 16.7. The van der Waals surface area contributed by atoms with Gasteiger partial charge >= 0.3 is 0 Å². The van der Waals surface area contributed by atoms with Gasteiger partial charge in [0.25, 0.3) is 5.91 Å². The molecule has 15 atom stereocenters. The van der Waals surface area contributed by atoms with Crippen LogP contribution >= 0.6 is 0 Å². The van der Waals surface area contributed by atoms with Gasteiger partial charge in [0.05, 0.1) is 36.9 Å². The first-order valence-corrected chi connectivity index (χ1v) is 16.3. The lowest BCUT2D eigenvalue weighted by Gasteiger charge is -2.48. The number of aliphatic hydroxyl groups excluding tert-OH is 4. The highest BCUT2D eigenvalue weighted by molar-refractivity contribution is 5.90. The van der Waals surface area contributed by atoms with E-state index in [2.05, 4.69) is 15.6 Å². The molecule has 0 aromatic heterocycles. The molecule has 3 aliphatic carbocycles. The molecule has 2 aliphatic heterocycles. The molecule has 3 saturated carbocycles. The highest BCUT2D eigenvalue weighted by Crippen LogP contribution is 2.40. The van der Waals surface area contributed by atoms with Gasteiger partial charge in [-0.3, -0.25) is 4.79 Å². The Hall–Kier alpha value is -1.82.